The normalized spacial score (nSPS) is 16.8. The minimum Gasteiger partial charge on any atom is -0.495 e. The van der Waals surface area contributed by atoms with Crippen molar-refractivity contribution in [2.75, 3.05) is 45.3 Å². The van der Waals surface area contributed by atoms with Crippen LogP contribution in [-0.2, 0) is 24.3 Å². The molecule has 1 aromatic carbocycles. The Labute approximate surface area is 167 Å². The van der Waals surface area contributed by atoms with Crippen molar-refractivity contribution < 1.29 is 27.4 Å². The van der Waals surface area contributed by atoms with Crippen molar-refractivity contribution in [1.29, 1.82) is 0 Å². The minimum absolute atomic E-state index is 0.0962. The van der Waals surface area contributed by atoms with E-state index in [1.54, 1.807) is 6.92 Å². The SMILES string of the molecule is COc1ccc(S(=O)(=O)N2CCOCC2)cc1NC(=O)C(C)OCCC(C)C. The number of sulfonamides is 1. The number of carbonyl (C=O) groups is 1. The molecule has 1 saturated heterocycles. The molecule has 9 heteroatoms. The molecule has 0 saturated carbocycles. The highest BCUT2D eigenvalue weighted by Crippen LogP contribution is 2.29. The predicted octanol–water partition coefficient (Wildman–Crippen LogP) is 2.11. The average molecular weight is 415 g/mol. The van der Waals surface area contributed by atoms with Gasteiger partial charge in [0.25, 0.3) is 5.91 Å². The van der Waals surface area contributed by atoms with E-state index in [4.69, 9.17) is 14.2 Å². The third-order valence-electron chi connectivity index (χ3n) is 4.47. The van der Waals surface area contributed by atoms with Crippen molar-refractivity contribution in [3.8, 4) is 5.75 Å². The Morgan fingerprint density at radius 1 is 1.25 bits per heavy atom. The molecule has 1 atom stereocenters. The molecule has 8 nitrogen and oxygen atoms in total. The van der Waals surface area contributed by atoms with Crippen molar-refractivity contribution in [2.24, 2.45) is 5.92 Å². The van der Waals surface area contributed by atoms with Crippen LogP contribution in [0.3, 0.4) is 0 Å². The summed E-state index contributed by atoms with van der Waals surface area (Å²) in [5.74, 6) is 0.504. The number of nitrogens with one attached hydrogen (secondary N) is 1. The molecule has 0 aromatic heterocycles. The van der Waals surface area contributed by atoms with Crippen LogP contribution in [0.2, 0.25) is 0 Å². The van der Waals surface area contributed by atoms with E-state index in [1.165, 1.54) is 29.6 Å². The molecule has 1 heterocycles. The molecule has 28 heavy (non-hydrogen) atoms. The summed E-state index contributed by atoms with van der Waals surface area (Å²) in [4.78, 5) is 12.5. The molecule has 0 aliphatic carbocycles. The molecular formula is C19H30N2O6S. The lowest BCUT2D eigenvalue weighted by molar-refractivity contribution is -0.126. The number of hydrogen-bond donors (Lipinski definition) is 1. The first-order valence-electron chi connectivity index (χ1n) is 9.44. The zero-order valence-electron chi connectivity index (χ0n) is 16.9. The monoisotopic (exact) mass is 414 g/mol. The second-order valence-corrected chi connectivity index (χ2v) is 9.00. The van der Waals surface area contributed by atoms with E-state index in [0.717, 1.165) is 6.42 Å². The van der Waals surface area contributed by atoms with Crippen LogP contribution in [0.25, 0.3) is 0 Å². The van der Waals surface area contributed by atoms with Crippen LogP contribution in [0.1, 0.15) is 27.2 Å². The van der Waals surface area contributed by atoms with Gasteiger partial charge in [-0.25, -0.2) is 8.42 Å². The maximum atomic E-state index is 12.9. The molecular weight excluding hydrogens is 384 g/mol. The summed E-state index contributed by atoms with van der Waals surface area (Å²) in [5, 5.41) is 2.72. The fourth-order valence-corrected chi connectivity index (χ4v) is 4.11. The topological polar surface area (TPSA) is 94.2 Å². The highest BCUT2D eigenvalue weighted by molar-refractivity contribution is 7.89. The first kappa shape index (κ1) is 22.6. The fraction of sp³-hybridized carbons (Fsp3) is 0.632. The van der Waals surface area contributed by atoms with E-state index in [9.17, 15) is 13.2 Å². The number of methoxy groups -OCH3 is 1. The van der Waals surface area contributed by atoms with Crippen LogP contribution in [-0.4, -0.2) is 64.8 Å². The Bertz CT molecular complexity index is 760. The van der Waals surface area contributed by atoms with E-state index >= 15 is 0 Å². The Morgan fingerprint density at radius 2 is 1.93 bits per heavy atom. The van der Waals surface area contributed by atoms with Crippen LogP contribution < -0.4 is 10.1 Å². The molecule has 1 fully saturated rings. The standard InChI is InChI=1S/C19H30N2O6S/c1-14(2)7-10-27-15(3)19(22)20-17-13-16(5-6-18(17)25-4)28(23,24)21-8-11-26-12-9-21/h5-6,13-15H,7-12H2,1-4H3,(H,20,22). The zero-order valence-corrected chi connectivity index (χ0v) is 17.8. The number of hydrogen-bond acceptors (Lipinski definition) is 6. The number of ether oxygens (including phenoxy) is 3. The smallest absolute Gasteiger partial charge is 0.253 e. The number of anilines is 1. The van der Waals surface area contributed by atoms with E-state index in [0.29, 0.717) is 50.3 Å². The van der Waals surface area contributed by atoms with Crippen molar-refractivity contribution >= 4 is 21.6 Å². The Kier molecular flexibility index (Phi) is 8.23. The summed E-state index contributed by atoms with van der Waals surface area (Å²) in [5.41, 5.74) is 0.293. The average Bonchev–Trinajstić information content (AvgIpc) is 2.68. The van der Waals surface area contributed by atoms with Gasteiger partial charge in [-0.05, 0) is 37.5 Å². The highest BCUT2D eigenvalue weighted by Gasteiger charge is 2.27. The maximum Gasteiger partial charge on any atom is 0.253 e. The lowest BCUT2D eigenvalue weighted by atomic mass is 10.1. The number of rotatable bonds is 9. The molecule has 1 unspecified atom stereocenters. The number of amides is 1. The highest BCUT2D eigenvalue weighted by atomic mass is 32.2. The van der Waals surface area contributed by atoms with Crippen LogP contribution in [0.5, 0.6) is 5.75 Å². The Balaban J connectivity index is 2.15. The molecule has 0 radical (unpaired) electrons. The van der Waals surface area contributed by atoms with E-state index in [-0.39, 0.29) is 10.8 Å². The molecule has 1 amide bonds. The van der Waals surface area contributed by atoms with Gasteiger partial charge in [-0.15, -0.1) is 0 Å². The summed E-state index contributed by atoms with van der Waals surface area (Å²) < 4.78 is 43.1. The van der Waals surface area contributed by atoms with Gasteiger partial charge in [-0.1, -0.05) is 13.8 Å². The van der Waals surface area contributed by atoms with E-state index < -0.39 is 16.1 Å². The molecule has 1 aromatic rings. The van der Waals surface area contributed by atoms with Gasteiger partial charge >= 0.3 is 0 Å². The molecule has 1 aliphatic heterocycles. The van der Waals surface area contributed by atoms with Crippen molar-refractivity contribution in [1.82, 2.24) is 4.31 Å². The van der Waals surface area contributed by atoms with Crippen LogP contribution >= 0.6 is 0 Å². The van der Waals surface area contributed by atoms with Gasteiger partial charge in [0, 0.05) is 19.7 Å². The number of benzene rings is 1. The van der Waals surface area contributed by atoms with Crippen LogP contribution in [0.15, 0.2) is 23.1 Å². The lowest BCUT2D eigenvalue weighted by Crippen LogP contribution is -2.40. The van der Waals surface area contributed by atoms with Crippen molar-refractivity contribution in [2.45, 2.75) is 38.2 Å². The first-order valence-corrected chi connectivity index (χ1v) is 10.9. The van der Waals surface area contributed by atoms with Gasteiger partial charge in [0.1, 0.15) is 11.9 Å². The minimum atomic E-state index is -3.67. The molecule has 2 rings (SSSR count). The van der Waals surface area contributed by atoms with E-state index in [2.05, 4.69) is 19.2 Å². The third-order valence-corrected chi connectivity index (χ3v) is 6.36. The molecule has 0 spiro atoms. The van der Waals surface area contributed by atoms with Gasteiger partial charge in [0.05, 0.1) is 30.9 Å². The van der Waals surface area contributed by atoms with E-state index in [1.807, 2.05) is 0 Å². The Morgan fingerprint density at radius 3 is 2.54 bits per heavy atom. The van der Waals surface area contributed by atoms with Gasteiger partial charge < -0.3 is 19.5 Å². The molecule has 158 valence electrons. The van der Waals surface area contributed by atoms with Crippen LogP contribution in [0, 0.1) is 5.92 Å². The Hall–Kier alpha value is -1.68. The quantitative estimate of drug-likeness (QED) is 0.665. The molecule has 1 N–H and O–H groups in total. The van der Waals surface area contributed by atoms with Crippen molar-refractivity contribution in [3.63, 3.8) is 0 Å². The van der Waals surface area contributed by atoms with Crippen molar-refractivity contribution in [3.05, 3.63) is 18.2 Å². The first-order chi connectivity index (χ1) is 13.3. The second kappa shape index (κ2) is 10.2. The molecule has 0 bridgehead atoms. The maximum absolute atomic E-state index is 12.9. The predicted molar refractivity (Wildman–Crippen MR) is 106 cm³/mol. The summed E-state index contributed by atoms with van der Waals surface area (Å²) in [6.07, 6.45) is 0.191. The lowest BCUT2D eigenvalue weighted by Gasteiger charge is -2.26. The summed E-state index contributed by atoms with van der Waals surface area (Å²) in [6, 6.07) is 4.43. The third kappa shape index (κ3) is 5.91. The molecule has 1 aliphatic rings. The van der Waals surface area contributed by atoms with Gasteiger partial charge in [0.15, 0.2) is 0 Å². The van der Waals surface area contributed by atoms with Gasteiger partial charge in [-0.3, -0.25) is 4.79 Å². The summed E-state index contributed by atoms with van der Waals surface area (Å²) >= 11 is 0. The number of nitrogens with zero attached hydrogens (tertiary/aromatic N) is 1. The zero-order chi connectivity index (χ0) is 20.7. The number of morpholine rings is 1. The van der Waals surface area contributed by atoms with Crippen LogP contribution in [0.4, 0.5) is 5.69 Å². The summed E-state index contributed by atoms with van der Waals surface area (Å²) in [6.45, 7) is 7.64. The summed E-state index contributed by atoms with van der Waals surface area (Å²) in [7, 11) is -2.21. The fourth-order valence-electron chi connectivity index (χ4n) is 2.67. The van der Waals surface area contributed by atoms with Gasteiger partial charge in [0.2, 0.25) is 10.0 Å². The van der Waals surface area contributed by atoms with Gasteiger partial charge in [-0.2, -0.15) is 4.31 Å². The number of carbonyl (C=O) groups excluding carboxylic acids is 1. The second-order valence-electron chi connectivity index (χ2n) is 7.06. The largest absolute Gasteiger partial charge is 0.495 e.